The standard InChI is InChI=1S/C20H25F3N4O2/c1-13(2)17-11-18(26-19(25-17)24-7-3-9-28)27-8-6-14-4-5-16(10-15(14)12-27)29-20(21,22)23/h4-5,10-11,13,28H,3,6-9,12H2,1-2H3,(H,24,25,26). The Balaban J connectivity index is 1.83. The van der Waals surface area contributed by atoms with E-state index in [1.807, 2.05) is 24.8 Å². The molecule has 0 bridgehead atoms. The molecule has 6 nitrogen and oxygen atoms in total. The van der Waals surface area contributed by atoms with E-state index in [0.717, 1.165) is 22.6 Å². The molecular weight excluding hydrogens is 385 g/mol. The molecule has 0 unspecified atom stereocenters. The molecular formula is C20H25F3N4O2. The summed E-state index contributed by atoms with van der Waals surface area (Å²) < 4.78 is 41.7. The molecule has 3 rings (SSSR count). The van der Waals surface area contributed by atoms with E-state index in [1.165, 1.54) is 12.1 Å². The summed E-state index contributed by atoms with van der Waals surface area (Å²) in [5.41, 5.74) is 2.68. The molecule has 1 aliphatic rings. The maximum Gasteiger partial charge on any atom is 0.573 e. The van der Waals surface area contributed by atoms with Crippen molar-refractivity contribution >= 4 is 11.8 Å². The van der Waals surface area contributed by atoms with Crippen LogP contribution in [-0.2, 0) is 13.0 Å². The fraction of sp³-hybridized carbons (Fsp3) is 0.500. The first-order chi connectivity index (χ1) is 13.7. The second-order valence-corrected chi connectivity index (χ2v) is 7.28. The van der Waals surface area contributed by atoms with Crippen LogP contribution < -0.4 is 15.0 Å². The van der Waals surface area contributed by atoms with E-state index in [-0.39, 0.29) is 18.3 Å². The summed E-state index contributed by atoms with van der Waals surface area (Å²) in [5, 5.41) is 12.1. The fourth-order valence-electron chi connectivity index (χ4n) is 3.19. The van der Waals surface area contributed by atoms with Gasteiger partial charge in [0.25, 0.3) is 0 Å². The van der Waals surface area contributed by atoms with Gasteiger partial charge in [0.1, 0.15) is 11.6 Å². The number of hydrogen-bond acceptors (Lipinski definition) is 6. The molecule has 1 aliphatic heterocycles. The molecule has 0 spiro atoms. The number of ether oxygens (including phenoxy) is 1. The molecule has 0 atom stereocenters. The molecule has 1 aromatic heterocycles. The zero-order valence-corrected chi connectivity index (χ0v) is 16.5. The molecule has 158 valence electrons. The molecule has 2 N–H and O–H groups in total. The Morgan fingerprint density at radius 3 is 2.69 bits per heavy atom. The summed E-state index contributed by atoms with van der Waals surface area (Å²) in [7, 11) is 0. The molecule has 2 aromatic rings. The Hall–Kier alpha value is -2.55. The van der Waals surface area contributed by atoms with Crippen LogP contribution in [0.15, 0.2) is 24.3 Å². The van der Waals surface area contributed by atoms with Crippen molar-refractivity contribution in [2.75, 3.05) is 29.9 Å². The second kappa shape index (κ2) is 8.86. The van der Waals surface area contributed by atoms with Crippen LogP contribution >= 0.6 is 0 Å². The number of halogens is 3. The lowest BCUT2D eigenvalue weighted by atomic mass is 9.99. The van der Waals surface area contributed by atoms with Crippen LogP contribution in [0, 0.1) is 0 Å². The van der Waals surface area contributed by atoms with E-state index >= 15 is 0 Å². The van der Waals surface area contributed by atoms with Crippen molar-refractivity contribution in [1.29, 1.82) is 0 Å². The van der Waals surface area contributed by atoms with Crippen molar-refractivity contribution in [3.8, 4) is 5.75 Å². The van der Waals surface area contributed by atoms with Gasteiger partial charge < -0.3 is 20.1 Å². The molecule has 0 amide bonds. The van der Waals surface area contributed by atoms with Gasteiger partial charge in [-0.1, -0.05) is 19.9 Å². The second-order valence-electron chi connectivity index (χ2n) is 7.28. The topological polar surface area (TPSA) is 70.5 Å². The monoisotopic (exact) mass is 410 g/mol. The lowest BCUT2D eigenvalue weighted by Crippen LogP contribution is -2.31. The van der Waals surface area contributed by atoms with Gasteiger partial charge in [0.2, 0.25) is 5.95 Å². The molecule has 9 heteroatoms. The van der Waals surface area contributed by atoms with Crippen LogP contribution in [0.2, 0.25) is 0 Å². The van der Waals surface area contributed by atoms with Gasteiger partial charge in [-0.3, -0.25) is 0 Å². The number of aliphatic hydroxyl groups excluding tert-OH is 1. The van der Waals surface area contributed by atoms with Gasteiger partial charge >= 0.3 is 6.36 Å². The number of nitrogens with one attached hydrogen (secondary N) is 1. The first-order valence-corrected chi connectivity index (χ1v) is 9.61. The van der Waals surface area contributed by atoms with Crippen LogP contribution in [-0.4, -0.2) is 41.1 Å². The van der Waals surface area contributed by atoms with E-state index in [9.17, 15) is 13.2 Å². The molecule has 0 saturated carbocycles. The number of aliphatic hydroxyl groups is 1. The van der Waals surface area contributed by atoms with Gasteiger partial charge in [-0.25, -0.2) is 4.98 Å². The predicted octanol–water partition coefficient (Wildman–Crippen LogP) is 3.86. The van der Waals surface area contributed by atoms with Crippen LogP contribution in [0.4, 0.5) is 24.9 Å². The van der Waals surface area contributed by atoms with Crippen LogP contribution in [0.1, 0.15) is 43.0 Å². The number of nitrogens with zero attached hydrogens (tertiary/aromatic N) is 3. The van der Waals surface area contributed by atoms with Crippen molar-refractivity contribution in [1.82, 2.24) is 9.97 Å². The Morgan fingerprint density at radius 1 is 1.21 bits per heavy atom. The minimum Gasteiger partial charge on any atom is -0.406 e. The molecule has 1 aromatic carbocycles. The van der Waals surface area contributed by atoms with Crippen LogP contribution in [0.3, 0.4) is 0 Å². The van der Waals surface area contributed by atoms with Crippen molar-refractivity contribution < 1.29 is 23.0 Å². The Bertz CT molecular complexity index is 843. The van der Waals surface area contributed by atoms with E-state index in [0.29, 0.717) is 38.4 Å². The minimum absolute atomic E-state index is 0.0783. The molecule has 0 saturated heterocycles. The van der Waals surface area contributed by atoms with Gasteiger partial charge in [-0.05, 0) is 42.0 Å². The van der Waals surface area contributed by atoms with Gasteiger partial charge in [0, 0.05) is 32.3 Å². The Labute approximate surface area is 167 Å². The third-order valence-electron chi connectivity index (χ3n) is 4.69. The molecule has 2 heterocycles. The van der Waals surface area contributed by atoms with Gasteiger partial charge in [0.15, 0.2) is 0 Å². The van der Waals surface area contributed by atoms with E-state index < -0.39 is 6.36 Å². The summed E-state index contributed by atoms with van der Waals surface area (Å²) in [6.07, 6.45) is -3.42. The highest BCUT2D eigenvalue weighted by atomic mass is 19.4. The van der Waals surface area contributed by atoms with Crippen molar-refractivity contribution in [3.63, 3.8) is 0 Å². The predicted molar refractivity (Wildman–Crippen MR) is 104 cm³/mol. The first-order valence-electron chi connectivity index (χ1n) is 9.61. The average molecular weight is 410 g/mol. The zero-order chi connectivity index (χ0) is 21.0. The highest BCUT2D eigenvalue weighted by Crippen LogP contribution is 2.30. The quantitative estimate of drug-likeness (QED) is 0.676. The van der Waals surface area contributed by atoms with Crippen molar-refractivity contribution in [2.24, 2.45) is 0 Å². The van der Waals surface area contributed by atoms with Crippen LogP contribution in [0.25, 0.3) is 0 Å². The third kappa shape index (κ3) is 5.72. The lowest BCUT2D eigenvalue weighted by Gasteiger charge is -2.30. The van der Waals surface area contributed by atoms with Gasteiger partial charge in [-0.15, -0.1) is 13.2 Å². The number of alkyl halides is 3. The Kier molecular flexibility index (Phi) is 6.46. The number of aromatic nitrogens is 2. The lowest BCUT2D eigenvalue weighted by molar-refractivity contribution is -0.274. The highest BCUT2D eigenvalue weighted by Gasteiger charge is 2.31. The van der Waals surface area contributed by atoms with Crippen molar-refractivity contribution in [3.05, 3.63) is 41.1 Å². The number of rotatable bonds is 7. The summed E-state index contributed by atoms with van der Waals surface area (Å²) in [5.74, 6) is 1.19. The van der Waals surface area contributed by atoms with E-state index in [2.05, 4.69) is 20.0 Å². The SMILES string of the molecule is CC(C)c1cc(N2CCc3ccc(OC(F)(F)F)cc3C2)nc(NCCCO)n1. The fourth-order valence-corrected chi connectivity index (χ4v) is 3.19. The smallest absolute Gasteiger partial charge is 0.406 e. The normalized spacial score (nSPS) is 14.1. The highest BCUT2D eigenvalue weighted by molar-refractivity contribution is 5.49. The number of fused-ring (bicyclic) bond motifs is 1. The maximum atomic E-state index is 12.5. The molecule has 0 fully saturated rings. The third-order valence-corrected chi connectivity index (χ3v) is 4.69. The first kappa shape index (κ1) is 21.2. The number of benzene rings is 1. The summed E-state index contributed by atoms with van der Waals surface area (Å²) in [6, 6.07) is 6.41. The minimum atomic E-state index is -4.71. The number of anilines is 2. The largest absolute Gasteiger partial charge is 0.573 e. The Morgan fingerprint density at radius 2 is 2.00 bits per heavy atom. The molecule has 29 heavy (non-hydrogen) atoms. The zero-order valence-electron chi connectivity index (χ0n) is 16.5. The summed E-state index contributed by atoms with van der Waals surface area (Å²) in [4.78, 5) is 11.1. The van der Waals surface area contributed by atoms with Gasteiger partial charge in [-0.2, -0.15) is 4.98 Å². The molecule has 0 radical (unpaired) electrons. The van der Waals surface area contributed by atoms with E-state index in [1.54, 1.807) is 6.07 Å². The summed E-state index contributed by atoms with van der Waals surface area (Å²) >= 11 is 0. The maximum absolute atomic E-state index is 12.5. The van der Waals surface area contributed by atoms with Gasteiger partial charge in [0.05, 0.1) is 5.69 Å². The van der Waals surface area contributed by atoms with Crippen LogP contribution in [0.5, 0.6) is 5.75 Å². The van der Waals surface area contributed by atoms with Crippen molar-refractivity contribution in [2.45, 2.75) is 45.5 Å². The molecule has 0 aliphatic carbocycles. The summed E-state index contributed by atoms with van der Waals surface area (Å²) in [6.45, 7) is 5.85. The van der Waals surface area contributed by atoms with E-state index in [4.69, 9.17) is 5.11 Å². The average Bonchev–Trinajstić information content (AvgIpc) is 2.66. The number of hydrogen-bond donors (Lipinski definition) is 2.